The average Bonchev–Trinajstić information content (AvgIpc) is 3.56. The summed E-state index contributed by atoms with van der Waals surface area (Å²) in [6, 6.07) is 8.23. The Balaban J connectivity index is 1.69. The van der Waals surface area contributed by atoms with Gasteiger partial charge in [0.1, 0.15) is 4.88 Å². The van der Waals surface area contributed by atoms with Crippen LogP contribution in [-0.4, -0.2) is 50.6 Å². The fourth-order valence-electron chi connectivity index (χ4n) is 3.03. The van der Waals surface area contributed by atoms with Crippen LogP contribution < -0.4 is 15.5 Å². The van der Waals surface area contributed by atoms with Crippen molar-refractivity contribution in [3.05, 3.63) is 65.2 Å². The molecule has 0 spiro atoms. The van der Waals surface area contributed by atoms with Gasteiger partial charge in [-0.2, -0.15) is 5.26 Å². The molecular formula is C24H27N7O4S. The number of imidazole rings is 1. The molecule has 3 amide bonds. The van der Waals surface area contributed by atoms with Crippen LogP contribution in [-0.2, 0) is 17.9 Å². The number of carbonyl (C=O) groups is 3. The zero-order chi connectivity index (χ0) is 26.1. The Morgan fingerprint density at radius 3 is 2.61 bits per heavy atom. The smallest absolute Gasteiger partial charge is 0.324 e. The number of rotatable bonds is 11. The minimum Gasteiger partial charge on any atom is -0.481 e. The molecule has 0 fully saturated rings. The molecule has 0 saturated heterocycles. The van der Waals surface area contributed by atoms with Gasteiger partial charge in [0.2, 0.25) is 0 Å². The summed E-state index contributed by atoms with van der Waals surface area (Å²) in [7, 11) is 0. The second-order valence-electron chi connectivity index (χ2n) is 8.66. The molecule has 0 unspecified atom stereocenters. The van der Waals surface area contributed by atoms with Gasteiger partial charge in [-0.3, -0.25) is 14.5 Å². The number of aromatic nitrogens is 3. The third-order valence-corrected chi connectivity index (χ3v) is 6.33. The largest absolute Gasteiger partial charge is 0.481 e. The molecule has 0 saturated carbocycles. The van der Waals surface area contributed by atoms with Gasteiger partial charge in [-0.25, -0.2) is 14.8 Å². The minimum atomic E-state index is -1.17. The average molecular weight is 510 g/mol. The summed E-state index contributed by atoms with van der Waals surface area (Å²) in [5.74, 6) is -1.34. The molecule has 3 rings (SSSR count). The Kier molecular flexibility index (Phi) is 8.75. The maximum atomic E-state index is 13.1. The molecule has 3 N–H and O–H groups in total. The lowest BCUT2D eigenvalue weighted by molar-refractivity contribution is -0.146. The second-order valence-corrected chi connectivity index (χ2v) is 9.67. The van der Waals surface area contributed by atoms with Crippen LogP contribution in [0.25, 0.3) is 0 Å². The molecular weight excluding hydrogens is 482 g/mol. The number of anilines is 1. The van der Waals surface area contributed by atoms with Crippen LogP contribution in [0.1, 0.15) is 41.1 Å². The van der Waals surface area contributed by atoms with E-state index in [2.05, 4.69) is 20.6 Å². The standard InChI is InChI=1S/C24H27N7O4S/c1-24(2,21(33)34)15-29-22(35)31(14-18-6-4-17(12-25)5-7-18)23-28-13-19(36-23)20(32)27-8-3-10-30-11-9-26-16-30/h4-7,9,11,13,16H,3,8,10,14-15H2,1-2H3,(H,27,32)(H,29,35)(H,33,34). The number of amides is 3. The fraction of sp³-hybridized carbons (Fsp3) is 0.333. The van der Waals surface area contributed by atoms with E-state index < -0.39 is 17.4 Å². The lowest BCUT2D eigenvalue weighted by Gasteiger charge is -2.24. The molecule has 188 valence electrons. The molecule has 0 bridgehead atoms. The normalized spacial score (nSPS) is 10.9. The van der Waals surface area contributed by atoms with Crippen LogP contribution in [0.15, 0.2) is 49.2 Å². The van der Waals surface area contributed by atoms with Crippen molar-refractivity contribution in [2.75, 3.05) is 18.0 Å². The number of benzene rings is 1. The predicted molar refractivity (Wildman–Crippen MR) is 133 cm³/mol. The van der Waals surface area contributed by atoms with Crippen molar-refractivity contribution >= 4 is 34.4 Å². The fourth-order valence-corrected chi connectivity index (χ4v) is 3.86. The number of carboxylic acid groups (broad SMARTS) is 1. The number of aliphatic carboxylic acids is 1. The van der Waals surface area contributed by atoms with Gasteiger partial charge in [-0.1, -0.05) is 23.5 Å². The number of aryl methyl sites for hydroxylation is 1. The van der Waals surface area contributed by atoms with E-state index in [4.69, 9.17) is 5.26 Å². The maximum Gasteiger partial charge on any atom is 0.324 e. The first-order chi connectivity index (χ1) is 17.2. The molecule has 0 aliphatic rings. The van der Waals surface area contributed by atoms with Crippen LogP contribution in [0.4, 0.5) is 9.93 Å². The van der Waals surface area contributed by atoms with Crippen LogP contribution in [0.2, 0.25) is 0 Å². The van der Waals surface area contributed by atoms with Crippen molar-refractivity contribution in [3.63, 3.8) is 0 Å². The van der Waals surface area contributed by atoms with E-state index in [1.54, 1.807) is 36.8 Å². The Morgan fingerprint density at radius 1 is 1.22 bits per heavy atom. The molecule has 11 nitrogen and oxygen atoms in total. The number of thiazole rings is 1. The first-order valence-electron chi connectivity index (χ1n) is 11.2. The van der Waals surface area contributed by atoms with Crippen molar-refractivity contribution < 1.29 is 19.5 Å². The molecule has 0 atom stereocenters. The number of carbonyl (C=O) groups excluding carboxylic acids is 2. The number of carboxylic acids is 1. The zero-order valence-electron chi connectivity index (χ0n) is 20.0. The summed E-state index contributed by atoms with van der Waals surface area (Å²) in [5, 5.41) is 24.2. The molecule has 3 aromatic rings. The molecule has 1 aromatic carbocycles. The molecule has 36 heavy (non-hydrogen) atoms. The van der Waals surface area contributed by atoms with Gasteiger partial charge in [0.15, 0.2) is 5.13 Å². The highest BCUT2D eigenvalue weighted by atomic mass is 32.1. The summed E-state index contributed by atoms with van der Waals surface area (Å²) >= 11 is 1.06. The third kappa shape index (κ3) is 7.13. The second kappa shape index (κ2) is 11.9. The monoisotopic (exact) mass is 509 g/mol. The van der Waals surface area contributed by atoms with Crippen LogP contribution in [0.3, 0.4) is 0 Å². The Bertz CT molecular complexity index is 1230. The topological polar surface area (TPSA) is 153 Å². The van der Waals surface area contributed by atoms with Gasteiger partial charge in [0.05, 0.1) is 36.1 Å². The first-order valence-corrected chi connectivity index (χ1v) is 12.0. The van der Waals surface area contributed by atoms with Crippen LogP contribution >= 0.6 is 11.3 Å². The van der Waals surface area contributed by atoms with Crippen molar-refractivity contribution in [1.29, 1.82) is 5.26 Å². The number of nitrogens with zero attached hydrogens (tertiary/aromatic N) is 5. The molecule has 0 aliphatic carbocycles. The van der Waals surface area contributed by atoms with Crippen molar-refractivity contribution in [2.24, 2.45) is 5.41 Å². The van der Waals surface area contributed by atoms with Crippen molar-refractivity contribution in [1.82, 2.24) is 25.2 Å². The summed E-state index contributed by atoms with van der Waals surface area (Å²) in [6.45, 7) is 4.23. The highest BCUT2D eigenvalue weighted by Gasteiger charge is 2.29. The third-order valence-electron chi connectivity index (χ3n) is 5.32. The number of nitriles is 1. The Morgan fingerprint density at radius 2 is 1.97 bits per heavy atom. The number of nitrogens with one attached hydrogen (secondary N) is 2. The van der Waals surface area contributed by atoms with Crippen LogP contribution in [0.5, 0.6) is 0 Å². The van der Waals surface area contributed by atoms with Gasteiger partial charge in [-0.05, 0) is 38.0 Å². The van der Waals surface area contributed by atoms with Gasteiger partial charge in [0.25, 0.3) is 5.91 Å². The van der Waals surface area contributed by atoms with Gasteiger partial charge in [-0.15, -0.1) is 0 Å². The van der Waals surface area contributed by atoms with Crippen LogP contribution in [0, 0.1) is 16.7 Å². The lowest BCUT2D eigenvalue weighted by Crippen LogP contribution is -2.45. The molecule has 0 aliphatic heterocycles. The summed E-state index contributed by atoms with van der Waals surface area (Å²) in [5.41, 5.74) is 0.0574. The van der Waals surface area contributed by atoms with Gasteiger partial charge < -0.3 is 20.3 Å². The summed E-state index contributed by atoms with van der Waals surface area (Å²) < 4.78 is 1.92. The lowest BCUT2D eigenvalue weighted by atomic mass is 9.94. The van der Waals surface area contributed by atoms with E-state index in [0.717, 1.165) is 29.9 Å². The zero-order valence-corrected chi connectivity index (χ0v) is 20.8. The quantitative estimate of drug-likeness (QED) is 0.336. The first kappa shape index (κ1) is 26.4. The van der Waals surface area contributed by atoms with Crippen molar-refractivity contribution in [3.8, 4) is 6.07 Å². The van der Waals surface area contributed by atoms with Gasteiger partial charge in [0, 0.05) is 32.0 Å². The van der Waals surface area contributed by atoms with E-state index in [1.165, 1.54) is 24.9 Å². The van der Waals surface area contributed by atoms with Gasteiger partial charge >= 0.3 is 12.0 Å². The molecule has 12 heteroatoms. The number of urea groups is 1. The highest BCUT2D eigenvalue weighted by molar-refractivity contribution is 7.17. The Hall–Kier alpha value is -4.24. The highest BCUT2D eigenvalue weighted by Crippen LogP contribution is 2.25. The minimum absolute atomic E-state index is 0.0966. The molecule has 2 heterocycles. The number of hydrogen-bond donors (Lipinski definition) is 3. The SMILES string of the molecule is CC(C)(CNC(=O)N(Cc1ccc(C#N)cc1)c1ncc(C(=O)NCCCn2ccnc2)s1)C(=O)O. The summed E-state index contributed by atoms with van der Waals surface area (Å²) in [4.78, 5) is 47.0. The van der Waals surface area contributed by atoms with Crippen molar-refractivity contribution in [2.45, 2.75) is 33.4 Å². The van der Waals surface area contributed by atoms with E-state index in [1.807, 2.05) is 16.8 Å². The van der Waals surface area contributed by atoms with E-state index >= 15 is 0 Å². The molecule has 0 radical (unpaired) electrons. The summed E-state index contributed by atoms with van der Waals surface area (Å²) in [6.07, 6.45) is 7.39. The maximum absolute atomic E-state index is 13.1. The van der Waals surface area contributed by atoms with E-state index in [-0.39, 0.29) is 24.1 Å². The Labute approximate surface area is 212 Å². The van der Waals surface area contributed by atoms with E-state index in [0.29, 0.717) is 17.0 Å². The number of hydrogen-bond acceptors (Lipinski definition) is 7. The van der Waals surface area contributed by atoms with E-state index in [9.17, 15) is 19.5 Å². The molecule has 2 aromatic heterocycles. The predicted octanol–water partition coefficient (Wildman–Crippen LogP) is 2.86.